The monoisotopic (exact) mass is 368 g/mol. The number of hydrogen-bond acceptors (Lipinski definition) is 6. The summed E-state index contributed by atoms with van der Waals surface area (Å²) in [5.41, 5.74) is -0.111. The molecule has 7 heteroatoms. The van der Waals surface area contributed by atoms with E-state index in [1.165, 1.54) is 0 Å². The number of fused-ring (bicyclic) bond motifs is 2. The molecule has 0 fully saturated rings. The van der Waals surface area contributed by atoms with E-state index in [0.717, 1.165) is 0 Å². The molecule has 3 aromatic rings. The SMILES string of the molecule is O=C(O)CC(c1ccc2c(c1)OCCO2)c1c(O)c2ccccc2oc1=O. The van der Waals surface area contributed by atoms with Crippen molar-refractivity contribution < 1.29 is 28.9 Å². The van der Waals surface area contributed by atoms with Crippen molar-refractivity contribution in [2.45, 2.75) is 12.3 Å². The predicted molar refractivity (Wildman–Crippen MR) is 95.7 cm³/mol. The number of carboxylic acid groups (broad SMARTS) is 1. The fraction of sp³-hybridized carbons (Fsp3) is 0.200. The minimum Gasteiger partial charge on any atom is -0.507 e. The highest BCUT2D eigenvalue weighted by Crippen LogP contribution is 2.39. The molecule has 0 aliphatic carbocycles. The van der Waals surface area contributed by atoms with Gasteiger partial charge in [0.1, 0.15) is 24.5 Å². The molecule has 2 heterocycles. The van der Waals surface area contributed by atoms with Gasteiger partial charge < -0.3 is 24.1 Å². The minimum atomic E-state index is -1.11. The van der Waals surface area contributed by atoms with Crippen LogP contribution >= 0.6 is 0 Å². The fourth-order valence-corrected chi connectivity index (χ4v) is 3.29. The zero-order valence-corrected chi connectivity index (χ0v) is 14.2. The molecule has 0 saturated carbocycles. The Labute approximate surface area is 153 Å². The molecule has 1 aliphatic rings. The number of ether oxygens (including phenoxy) is 2. The third-order valence-electron chi connectivity index (χ3n) is 4.52. The van der Waals surface area contributed by atoms with Gasteiger partial charge in [0.2, 0.25) is 0 Å². The molecule has 138 valence electrons. The Balaban J connectivity index is 1.90. The number of aromatic hydroxyl groups is 1. The van der Waals surface area contributed by atoms with Gasteiger partial charge in [-0.25, -0.2) is 4.79 Å². The van der Waals surface area contributed by atoms with Crippen LogP contribution in [0.15, 0.2) is 51.7 Å². The highest BCUT2D eigenvalue weighted by Gasteiger charge is 2.28. The standard InChI is InChI=1S/C20H16O7/c21-17(22)10-13(11-5-6-15-16(9-11)26-8-7-25-15)18-19(23)12-3-1-2-4-14(12)27-20(18)24/h1-6,9,13,23H,7-8,10H2,(H,21,22). The van der Waals surface area contributed by atoms with Gasteiger partial charge in [-0.05, 0) is 29.8 Å². The molecule has 0 amide bonds. The summed E-state index contributed by atoms with van der Waals surface area (Å²) in [6.45, 7) is 0.809. The Morgan fingerprint density at radius 2 is 1.81 bits per heavy atom. The summed E-state index contributed by atoms with van der Waals surface area (Å²) in [6, 6.07) is 11.5. The zero-order valence-electron chi connectivity index (χ0n) is 14.2. The van der Waals surface area contributed by atoms with Crippen molar-refractivity contribution in [3.63, 3.8) is 0 Å². The number of para-hydroxylation sites is 1. The Kier molecular flexibility index (Phi) is 4.19. The first-order valence-electron chi connectivity index (χ1n) is 8.40. The van der Waals surface area contributed by atoms with E-state index in [-0.39, 0.29) is 16.9 Å². The number of carboxylic acids is 1. The van der Waals surface area contributed by atoms with Crippen LogP contribution in [0.1, 0.15) is 23.5 Å². The van der Waals surface area contributed by atoms with E-state index >= 15 is 0 Å². The van der Waals surface area contributed by atoms with Gasteiger partial charge in [0, 0.05) is 5.92 Å². The molecule has 4 rings (SSSR count). The zero-order chi connectivity index (χ0) is 19.0. The summed E-state index contributed by atoms with van der Waals surface area (Å²) in [6.07, 6.45) is -0.393. The van der Waals surface area contributed by atoms with Crippen LogP contribution in [-0.4, -0.2) is 29.4 Å². The molecule has 2 aromatic carbocycles. The first-order valence-corrected chi connectivity index (χ1v) is 8.40. The minimum absolute atomic E-state index is 0.0900. The first-order chi connectivity index (χ1) is 13.0. The number of rotatable bonds is 4. The molecular formula is C20H16O7. The molecule has 0 bridgehead atoms. The van der Waals surface area contributed by atoms with Crippen LogP contribution in [0.3, 0.4) is 0 Å². The van der Waals surface area contributed by atoms with Crippen LogP contribution in [0.2, 0.25) is 0 Å². The quantitative estimate of drug-likeness (QED) is 0.682. The van der Waals surface area contributed by atoms with Crippen LogP contribution in [0, 0.1) is 0 Å². The average molecular weight is 368 g/mol. The van der Waals surface area contributed by atoms with Crippen molar-refractivity contribution in [1.29, 1.82) is 0 Å². The van der Waals surface area contributed by atoms with E-state index in [9.17, 15) is 19.8 Å². The lowest BCUT2D eigenvalue weighted by Crippen LogP contribution is -2.19. The Hall–Kier alpha value is -3.48. The van der Waals surface area contributed by atoms with Gasteiger partial charge in [0.25, 0.3) is 0 Å². The van der Waals surface area contributed by atoms with Crippen LogP contribution < -0.4 is 15.1 Å². The molecular weight excluding hydrogens is 352 g/mol. The molecule has 1 atom stereocenters. The van der Waals surface area contributed by atoms with Crippen LogP contribution in [0.4, 0.5) is 0 Å². The van der Waals surface area contributed by atoms with Crippen molar-refractivity contribution >= 4 is 16.9 Å². The number of benzene rings is 2. The number of aliphatic carboxylic acids is 1. The van der Waals surface area contributed by atoms with Crippen LogP contribution in [-0.2, 0) is 4.79 Å². The van der Waals surface area contributed by atoms with E-state index in [4.69, 9.17) is 13.9 Å². The molecule has 1 aliphatic heterocycles. The summed E-state index contributed by atoms with van der Waals surface area (Å²) >= 11 is 0. The molecule has 27 heavy (non-hydrogen) atoms. The van der Waals surface area contributed by atoms with Gasteiger partial charge in [-0.15, -0.1) is 0 Å². The predicted octanol–water partition coefficient (Wildman–Crippen LogP) is 2.88. The van der Waals surface area contributed by atoms with Crippen molar-refractivity contribution in [1.82, 2.24) is 0 Å². The maximum Gasteiger partial charge on any atom is 0.343 e. The summed E-state index contributed by atoms with van der Waals surface area (Å²) < 4.78 is 16.3. The topological polar surface area (TPSA) is 106 Å². The van der Waals surface area contributed by atoms with Crippen LogP contribution in [0.25, 0.3) is 11.0 Å². The number of carbonyl (C=O) groups is 1. The molecule has 0 saturated heterocycles. The third-order valence-corrected chi connectivity index (χ3v) is 4.52. The second-order valence-corrected chi connectivity index (χ2v) is 6.20. The summed E-state index contributed by atoms with van der Waals surface area (Å²) in [4.78, 5) is 24.0. The van der Waals surface area contributed by atoms with Crippen molar-refractivity contribution in [3.8, 4) is 17.2 Å². The molecule has 1 unspecified atom stereocenters. The Morgan fingerprint density at radius 1 is 1.07 bits per heavy atom. The number of hydrogen-bond donors (Lipinski definition) is 2. The van der Waals surface area contributed by atoms with Gasteiger partial charge in [-0.2, -0.15) is 0 Å². The van der Waals surface area contributed by atoms with Gasteiger partial charge in [-0.1, -0.05) is 18.2 Å². The second-order valence-electron chi connectivity index (χ2n) is 6.20. The Bertz CT molecular complexity index is 1080. The maximum atomic E-state index is 12.6. The van der Waals surface area contributed by atoms with E-state index in [2.05, 4.69) is 0 Å². The largest absolute Gasteiger partial charge is 0.507 e. The maximum absolute atomic E-state index is 12.6. The third kappa shape index (κ3) is 3.08. The van der Waals surface area contributed by atoms with Gasteiger partial charge in [0.15, 0.2) is 11.5 Å². The van der Waals surface area contributed by atoms with Crippen molar-refractivity contribution in [2.24, 2.45) is 0 Å². The summed E-state index contributed by atoms with van der Waals surface area (Å²) in [5, 5.41) is 20.4. The molecule has 1 aromatic heterocycles. The molecule has 7 nitrogen and oxygen atoms in total. The molecule has 2 N–H and O–H groups in total. The normalized spacial score (nSPS) is 14.1. The Morgan fingerprint density at radius 3 is 2.59 bits per heavy atom. The molecule has 0 spiro atoms. The van der Waals surface area contributed by atoms with Crippen molar-refractivity contribution in [2.75, 3.05) is 13.2 Å². The lowest BCUT2D eigenvalue weighted by molar-refractivity contribution is -0.137. The van der Waals surface area contributed by atoms with E-state index in [1.54, 1.807) is 42.5 Å². The average Bonchev–Trinajstić information content (AvgIpc) is 2.66. The summed E-state index contributed by atoms with van der Waals surface area (Å²) in [7, 11) is 0. The first kappa shape index (κ1) is 17.0. The van der Waals surface area contributed by atoms with Gasteiger partial charge in [0.05, 0.1) is 17.4 Å². The highest BCUT2D eigenvalue weighted by molar-refractivity contribution is 5.84. The summed E-state index contributed by atoms with van der Waals surface area (Å²) in [5.74, 6) is -1.27. The fourth-order valence-electron chi connectivity index (χ4n) is 3.29. The van der Waals surface area contributed by atoms with Crippen molar-refractivity contribution in [3.05, 3.63) is 64.0 Å². The lowest BCUT2D eigenvalue weighted by Gasteiger charge is -2.22. The van der Waals surface area contributed by atoms with Gasteiger partial charge >= 0.3 is 11.6 Å². The van der Waals surface area contributed by atoms with Gasteiger partial charge in [-0.3, -0.25) is 4.79 Å². The van der Waals surface area contributed by atoms with Crippen LogP contribution in [0.5, 0.6) is 17.2 Å². The second kappa shape index (κ2) is 6.68. The molecule has 0 radical (unpaired) electrons. The smallest absolute Gasteiger partial charge is 0.343 e. The lowest BCUT2D eigenvalue weighted by atomic mass is 9.88. The van der Waals surface area contributed by atoms with E-state index in [1.807, 2.05) is 0 Å². The highest BCUT2D eigenvalue weighted by atomic mass is 16.6. The van der Waals surface area contributed by atoms with E-state index < -0.39 is 23.9 Å². The van der Waals surface area contributed by atoms with E-state index in [0.29, 0.717) is 35.7 Å².